The Kier molecular flexibility index (Phi) is 1.87. The van der Waals surface area contributed by atoms with Gasteiger partial charge in [-0.05, 0) is 24.7 Å². The second-order valence-corrected chi connectivity index (χ2v) is 5.52. The van der Waals surface area contributed by atoms with Gasteiger partial charge in [-0.2, -0.15) is 0 Å². The van der Waals surface area contributed by atoms with Crippen molar-refractivity contribution in [3.8, 4) is 0 Å². The van der Waals surface area contributed by atoms with Crippen molar-refractivity contribution in [2.24, 2.45) is 16.2 Å². The minimum absolute atomic E-state index is 0.0660. The monoisotopic (exact) mass is 222 g/mol. The summed E-state index contributed by atoms with van der Waals surface area (Å²) in [5, 5.41) is 22.6. The lowest BCUT2D eigenvalue weighted by Gasteiger charge is -2.45. The Hall–Kier alpha value is -1.32. The van der Waals surface area contributed by atoms with E-state index in [-0.39, 0.29) is 6.42 Å². The molecule has 2 bridgehead atoms. The zero-order chi connectivity index (χ0) is 12.4. The van der Waals surface area contributed by atoms with Gasteiger partial charge in [-0.3, -0.25) is 0 Å². The molecular formula is C12H14O4-2. The molecule has 0 N–H and O–H groups in total. The van der Waals surface area contributed by atoms with E-state index in [1.54, 1.807) is 13.8 Å². The average molecular weight is 222 g/mol. The van der Waals surface area contributed by atoms with E-state index in [0.29, 0.717) is 18.4 Å². The number of hydrogen-bond donors (Lipinski definition) is 0. The molecule has 0 heterocycles. The predicted molar refractivity (Wildman–Crippen MR) is 51.7 cm³/mol. The highest BCUT2D eigenvalue weighted by Gasteiger charge is 2.67. The maximum absolute atomic E-state index is 11.3. The second-order valence-electron chi connectivity index (χ2n) is 5.52. The standard InChI is InChI=1S/C12H16O4/c1-7-10(2,3)12(9(15)16)5-4-11(7,6-12)8(13)14/h1,4-6H2,2-3H3,(H,13,14)(H,15,16)/p-2/t11-,12-/m1/s1. The van der Waals surface area contributed by atoms with Crippen LogP contribution < -0.4 is 10.2 Å². The average Bonchev–Trinajstić information content (AvgIpc) is 2.64. The molecule has 4 heteroatoms. The molecule has 0 aromatic carbocycles. The summed E-state index contributed by atoms with van der Waals surface area (Å²) in [5.74, 6) is -2.37. The fourth-order valence-electron chi connectivity index (χ4n) is 3.52. The maximum atomic E-state index is 11.3. The van der Waals surface area contributed by atoms with Crippen molar-refractivity contribution in [2.75, 3.05) is 0 Å². The van der Waals surface area contributed by atoms with E-state index in [1.165, 1.54) is 0 Å². The van der Waals surface area contributed by atoms with Crippen LogP contribution in [0.2, 0.25) is 0 Å². The van der Waals surface area contributed by atoms with Crippen LogP contribution in [0.4, 0.5) is 0 Å². The molecule has 0 aromatic rings. The van der Waals surface area contributed by atoms with Crippen LogP contribution in [-0.2, 0) is 9.59 Å². The van der Waals surface area contributed by atoms with Gasteiger partial charge in [0.15, 0.2) is 0 Å². The Labute approximate surface area is 94.0 Å². The van der Waals surface area contributed by atoms with Gasteiger partial charge in [0.1, 0.15) is 0 Å². The smallest absolute Gasteiger partial charge is 0.0517 e. The number of hydrogen-bond acceptors (Lipinski definition) is 4. The second kappa shape index (κ2) is 2.67. The Bertz CT molecular complexity index is 409. The molecule has 16 heavy (non-hydrogen) atoms. The normalized spacial score (nSPS) is 40.0. The molecule has 0 amide bonds. The number of carbonyl (C=O) groups excluding carboxylic acids is 2. The molecular weight excluding hydrogens is 208 g/mol. The highest BCUT2D eigenvalue weighted by Crippen LogP contribution is 2.71. The summed E-state index contributed by atoms with van der Waals surface area (Å²) in [4.78, 5) is 22.6. The molecule has 2 saturated carbocycles. The summed E-state index contributed by atoms with van der Waals surface area (Å²) in [6, 6.07) is 0. The molecule has 4 nitrogen and oxygen atoms in total. The first kappa shape index (κ1) is 11.2. The lowest BCUT2D eigenvalue weighted by molar-refractivity contribution is -0.323. The number of carboxylic acid groups (broad SMARTS) is 2. The molecule has 2 aliphatic rings. The van der Waals surface area contributed by atoms with Crippen molar-refractivity contribution >= 4 is 11.9 Å². The van der Waals surface area contributed by atoms with Crippen LogP contribution in [0, 0.1) is 16.2 Å². The Morgan fingerprint density at radius 3 is 2.06 bits per heavy atom. The lowest BCUT2D eigenvalue weighted by atomic mass is 9.61. The number of rotatable bonds is 2. The largest absolute Gasteiger partial charge is 0.550 e. The van der Waals surface area contributed by atoms with Crippen molar-refractivity contribution in [1.29, 1.82) is 0 Å². The van der Waals surface area contributed by atoms with Gasteiger partial charge >= 0.3 is 0 Å². The Morgan fingerprint density at radius 2 is 1.75 bits per heavy atom. The molecule has 2 atom stereocenters. The fraction of sp³-hybridized carbons (Fsp3) is 0.667. The summed E-state index contributed by atoms with van der Waals surface area (Å²) in [7, 11) is 0. The number of aliphatic carboxylic acids is 2. The summed E-state index contributed by atoms with van der Waals surface area (Å²) in [5.41, 5.74) is -2.53. The number of carboxylic acids is 2. The first-order valence-corrected chi connectivity index (χ1v) is 5.33. The van der Waals surface area contributed by atoms with Crippen molar-refractivity contribution in [3.05, 3.63) is 12.2 Å². The summed E-state index contributed by atoms with van der Waals surface area (Å²) in [6.45, 7) is 7.26. The van der Waals surface area contributed by atoms with Crippen molar-refractivity contribution in [1.82, 2.24) is 0 Å². The Morgan fingerprint density at radius 1 is 1.19 bits per heavy atom. The van der Waals surface area contributed by atoms with Crippen molar-refractivity contribution in [3.63, 3.8) is 0 Å². The fourth-order valence-corrected chi connectivity index (χ4v) is 3.52. The third kappa shape index (κ3) is 0.867. The van der Waals surface area contributed by atoms with Crippen molar-refractivity contribution in [2.45, 2.75) is 33.1 Å². The van der Waals surface area contributed by atoms with Crippen LogP contribution in [-0.4, -0.2) is 11.9 Å². The quantitative estimate of drug-likeness (QED) is 0.575. The molecule has 0 unspecified atom stereocenters. The third-order valence-electron chi connectivity index (χ3n) is 4.89. The van der Waals surface area contributed by atoms with Gasteiger partial charge in [-0.15, -0.1) is 0 Å². The predicted octanol–water partition coefficient (Wildman–Crippen LogP) is -0.761. The molecule has 2 aliphatic carbocycles. The first-order valence-electron chi connectivity index (χ1n) is 5.33. The SMILES string of the molecule is C=C1C(C)(C)[C@]2(C(=O)[O-])CC[C@@]1(C(=O)[O-])C2. The molecule has 2 rings (SSSR count). The molecule has 2 fully saturated rings. The van der Waals surface area contributed by atoms with E-state index in [4.69, 9.17) is 0 Å². The molecule has 0 aromatic heterocycles. The van der Waals surface area contributed by atoms with E-state index in [0.717, 1.165) is 0 Å². The van der Waals surface area contributed by atoms with Crippen LogP contribution in [0.15, 0.2) is 12.2 Å². The summed E-state index contributed by atoms with van der Waals surface area (Å²) >= 11 is 0. The van der Waals surface area contributed by atoms with E-state index in [9.17, 15) is 19.8 Å². The van der Waals surface area contributed by atoms with Crippen LogP contribution in [0.5, 0.6) is 0 Å². The van der Waals surface area contributed by atoms with E-state index < -0.39 is 28.2 Å². The van der Waals surface area contributed by atoms with Gasteiger partial charge in [0.2, 0.25) is 0 Å². The van der Waals surface area contributed by atoms with Gasteiger partial charge < -0.3 is 19.8 Å². The maximum Gasteiger partial charge on any atom is 0.0517 e. The number of carbonyl (C=O) groups is 2. The van der Waals surface area contributed by atoms with Crippen LogP contribution >= 0.6 is 0 Å². The van der Waals surface area contributed by atoms with Gasteiger partial charge in [0.05, 0.1) is 5.97 Å². The minimum Gasteiger partial charge on any atom is -0.550 e. The van der Waals surface area contributed by atoms with Crippen LogP contribution in [0.1, 0.15) is 33.1 Å². The molecule has 0 saturated heterocycles. The lowest BCUT2D eigenvalue weighted by Crippen LogP contribution is -2.49. The summed E-state index contributed by atoms with van der Waals surface area (Å²) in [6.07, 6.45) is 0.692. The van der Waals surface area contributed by atoms with Crippen molar-refractivity contribution < 1.29 is 19.8 Å². The molecule has 0 spiro atoms. The topological polar surface area (TPSA) is 80.3 Å². The van der Waals surface area contributed by atoms with Gasteiger partial charge in [-0.1, -0.05) is 26.0 Å². The summed E-state index contributed by atoms with van der Waals surface area (Å²) < 4.78 is 0. The van der Waals surface area contributed by atoms with E-state index >= 15 is 0 Å². The minimum atomic E-state index is -1.20. The number of fused-ring (bicyclic) bond motifs is 2. The van der Waals surface area contributed by atoms with Gasteiger partial charge in [0.25, 0.3) is 0 Å². The zero-order valence-electron chi connectivity index (χ0n) is 9.46. The highest BCUT2D eigenvalue weighted by molar-refractivity contribution is 5.86. The van der Waals surface area contributed by atoms with Crippen LogP contribution in [0.3, 0.4) is 0 Å². The molecule has 0 radical (unpaired) electrons. The van der Waals surface area contributed by atoms with E-state index in [1.807, 2.05) is 0 Å². The van der Waals surface area contributed by atoms with E-state index in [2.05, 4.69) is 6.58 Å². The Balaban J connectivity index is 2.61. The zero-order valence-corrected chi connectivity index (χ0v) is 9.46. The van der Waals surface area contributed by atoms with Gasteiger partial charge in [-0.25, -0.2) is 0 Å². The van der Waals surface area contributed by atoms with Gasteiger partial charge in [0, 0.05) is 16.8 Å². The molecule has 0 aliphatic heterocycles. The molecule has 88 valence electrons. The first-order chi connectivity index (χ1) is 7.21. The third-order valence-corrected chi connectivity index (χ3v) is 4.89. The van der Waals surface area contributed by atoms with Crippen LogP contribution in [0.25, 0.3) is 0 Å². The highest BCUT2D eigenvalue weighted by atomic mass is 16.4.